The monoisotopic (exact) mass is 257 g/mol. The van der Waals surface area contributed by atoms with E-state index in [1.807, 2.05) is 6.07 Å². The quantitative estimate of drug-likeness (QED) is 0.753. The number of rotatable bonds is 3. The van der Waals surface area contributed by atoms with Crippen LogP contribution in [0.2, 0.25) is 0 Å². The number of H-pyrrole nitrogens is 1. The van der Waals surface area contributed by atoms with Crippen LogP contribution >= 0.6 is 0 Å². The molecular formula is C15H12FNO2. The highest BCUT2D eigenvalue weighted by molar-refractivity contribution is 5.86. The van der Waals surface area contributed by atoms with Gasteiger partial charge >= 0.3 is 0 Å². The van der Waals surface area contributed by atoms with Crippen molar-refractivity contribution >= 4 is 10.9 Å². The summed E-state index contributed by atoms with van der Waals surface area (Å²) in [5, 5.41) is 10.4. The first-order valence-electron chi connectivity index (χ1n) is 5.91. The lowest BCUT2D eigenvalue weighted by Crippen LogP contribution is -1.97. The Bertz CT molecular complexity index is 721. The zero-order valence-electron chi connectivity index (χ0n) is 10.1. The molecule has 2 N–H and O–H groups in total. The van der Waals surface area contributed by atoms with Crippen LogP contribution in [0.25, 0.3) is 10.9 Å². The van der Waals surface area contributed by atoms with E-state index >= 15 is 0 Å². The maximum absolute atomic E-state index is 13.4. The highest BCUT2D eigenvalue weighted by Crippen LogP contribution is 2.25. The van der Waals surface area contributed by atoms with Crippen molar-refractivity contribution in [2.24, 2.45) is 0 Å². The Morgan fingerprint density at radius 2 is 1.95 bits per heavy atom. The van der Waals surface area contributed by atoms with E-state index < -0.39 is 0 Å². The number of hydrogen-bond donors (Lipinski definition) is 2. The maximum atomic E-state index is 13.4. The van der Waals surface area contributed by atoms with E-state index in [4.69, 9.17) is 4.74 Å². The minimum absolute atomic E-state index is 0.213. The van der Waals surface area contributed by atoms with Gasteiger partial charge in [0, 0.05) is 10.9 Å². The number of benzene rings is 2. The van der Waals surface area contributed by atoms with Crippen molar-refractivity contribution < 1.29 is 14.2 Å². The fourth-order valence-corrected chi connectivity index (χ4v) is 1.99. The molecular weight excluding hydrogens is 245 g/mol. The summed E-state index contributed by atoms with van der Waals surface area (Å²) in [4.78, 5) is 3.12. The molecule has 0 aliphatic heterocycles. The molecule has 0 aliphatic rings. The molecule has 0 atom stereocenters. The number of aromatic amines is 1. The van der Waals surface area contributed by atoms with E-state index in [0.717, 1.165) is 16.6 Å². The molecule has 19 heavy (non-hydrogen) atoms. The molecule has 0 amide bonds. The van der Waals surface area contributed by atoms with Crippen LogP contribution in [0.3, 0.4) is 0 Å². The van der Waals surface area contributed by atoms with Gasteiger partial charge in [-0.05, 0) is 30.3 Å². The number of nitrogens with one attached hydrogen (secondary N) is 1. The van der Waals surface area contributed by atoms with Gasteiger partial charge < -0.3 is 14.8 Å². The normalized spacial score (nSPS) is 10.8. The van der Waals surface area contributed by atoms with Gasteiger partial charge in [-0.25, -0.2) is 4.39 Å². The second-order valence-electron chi connectivity index (χ2n) is 4.25. The van der Waals surface area contributed by atoms with Gasteiger partial charge in [0.2, 0.25) is 0 Å². The molecule has 0 bridgehead atoms. The molecule has 0 fully saturated rings. The van der Waals surface area contributed by atoms with Crippen molar-refractivity contribution in [3.8, 4) is 11.5 Å². The molecule has 0 aliphatic carbocycles. The number of fused-ring (bicyclic) bond motifs is 1. The van der Waals surface area contributed by atoms with Gasteiger partial charge in [0.05, 0.1) is 5.69 Å². The maximum Gasteiger partial charge on any atom is 0.165 e. The molecule has 96 valence electrons. The summed E-state index contributed by atoms with van der Waals surface area (Å²) in [5.74, 6) is 0.0396. The molecule has 3 rings (SSSR count). The van der Waals surface area contributed by atoms with E-state index in [-0.39, 0.29) is 23.9 Å². The molecule has 4 heteroatoms. The minimum Gasteiger partial charge on any atom is -0.507 e. The van der Waals surface area contributed by atoms with E-state index in [2.05, 4.69) is 4.98 Å². The Morgan fingerprint density at radius 1 is 1.11 bits per heavy atom. The summed E-state index contributed by atoms with van der Waals surface area (Å²) >= 11 is 0. The van der Waals surface area contributed by atoms with Crippen molar-refractivity contribution in [2.45, 2.75) is 6.61 Å². The Balaban J connectivity index is 1.83. The molecule has 1 heterocycles. The lowest BCUT2D eigenvalue weighted by Gasteiger charge is -2.05. The average molecular weight is 257 g/mol. The summed E-state index contributed by atoms with van der Waals surface area (Å²) in [6, 6.07) is 13.3. The largest absolute Gasteiger partial charge is 0.507 e. The number of halogens is 1. The van der Waals surface area contributed by atoms with Crippen LogP contribution in [0.15, 0.2) is 48.5 Å². The van der Waals surface area contributed by atoms with Gasteiger partial charge in [0.25, 0.3) is 0 Å². The molecule has 0 radical (unpaired) electrons. The SMILES string of the molecule is Oc1cccc2[nH]c(COc3ccccc3F)cc12. The number of ether oxygens (including phenoxy) is 1. The molecule has 3 aromatic rings. The standard InChI is InChI=1S/C15H12FNO2/c16-12-4-1-2-7-15(12)19-9-10-8-11-13(17-10)5-3-6-14(11)18/h1-8,17-18H,9H2. The Labute approximate surface area is 109 Å². The molecule has 2 aromatic carbocycles. The van der Waals surface area contributed by atoms with Crippen molar-refractivity contribution in [1.29, 1.82) is 0 Å². The minimum atomic E-state index is -0.388. The number of hydrogen-bond acceptors (Lipinski definition) is 2. The first-order valence-corrected chi connectivity index (χ1v) is 5.91. The Hall–Kier alpha value is -2.49. The van der Waals surface area contributed by atoms with Crippen LogP contribution in [-0.4, -0.2) is 10.1 Å². The van der Waals surface area contributed by atoms with Crippen molar-refractivity contribution in [3.05, 3.63) is 60.0 Å². The van der Waals surface area contributed by atoms with E-state index in [1.54, 1.807) is 36.4 Å². The number of para-hydroxylation sites is 1. The van der Waals surface area contributed by atoms with Gasteiger partial charge in [-0.15, -0.1) is 0 Å². The zero-order valence-corrected chi connectivity index (χ0v) is 10.1. The van der Waals surface area contributed by atoms with Gasteiger partial charge in [-0.2, -0.15) is 0 Å². The van der Waals surface area contributed by atoms with Gasteiger partial charge in [0.15, 0.2) is 11.6 Å². The van der Waals surface area contributed by atoms with Crippen molar-refractivity contribution in [1.82, 2.24) is 4.98 Å². The Morgan fingerprint density at radius 3 is 2.74 bits per heavy atom. The van der Waals surface area contributed by atoms with Crippen LogP contribution in [0.4, 0.5) is 4.39 Å². The van der Waals surface area contributed by atoms with Crippen LogP contribution in [0, 0.1) is 5.82 Å². The van der Waals surface area contributed by atoms with E-state index in [9.17, 15) is 9.50 Å². The number of aromatic hydroxyl groups is 1. The predicted molar refractivity (Wildman–Crippen MR) is 70.7 cm³/mol. The zero-order chi connectivity index (χ0) is 13.2. The summed E-state index contributed by atoms with van der Waals surface area (Å²) < 4.78 is 18.8. The molecule has 1 aromatic heterocycles. The van der Waals surface area contributed by atoms with E-state index in [1.165, 1.54) is 6.07 Å². The van der Waals surface area contributed by atoms with Crippen LogP contribution in [0.1, 0.15) is 5.69 Å². The van der Waals surface area contributed by atoms with E-state index in [0.29, 0.717) is 0 Å². The first-order chi connectivity index (χ1) is 9.24. The summed E-state index contributed by atoms with van der Waals surface area (Å²) in [6.07, 6.45) is 0. The molecule has 0 unspecified atom stereocenters. The first kappa shape index (κ1) is 11.6. The smallest absolute Gasteiger partial charge is 0.165 e. The number of aromatic nitrogens is 1. The van der Waals surface area contributed by atoms with Crippen LogP contribution in [0.5, 0.6) is 11.5 Å². The summed E-state index contributed by atoms with van der Waals surface area (Å²) in [6.45, 7) is 0.217. The molecule has 0 spiro atoms. The third kappa shape index (κ3) is 2.25. The number of phenolic OH excluding ortho intramolecular Hbond substituents is 1. The molecule has 0 saturated carbocycles. The lowest BCUT2D eigenvalue weighted by atomic mass is 10.2. The van der Waals surface area contributed by atoms with Gasteiger partial charge in [-0.3, -0.25) is 0 Å². The Kier molecular flexibility index (Phi) is 2.83. The van der Waals surface area contributed by atoms with Crippen molar-refractivity contribution in [2.75, 3.05) is 0 Å². The third-order valence-electron chi connectivity index (χ3n) is 2.92. The molecule has 0 saturated heterocycles. The highest BCUT2D eigenvalue weighted by atomic mass is 19.1. The fraction of sp³-hybridized carbons (Fsp3) is 0.0667. The van der Waals surface area contributed by atoms with Gasteiger partial charge in [0.1, 0.15) is 12.4 Å². The predicted octanol–water partition coefficient (Wildman–Crippen LogP) is 3.59. The second kappa shape index (κ2) is 4.65. The van der Waals surface area contributed by atoms with Crippen LogP contribution in [-0.2, 0) is 6.61 Å². The third-order valence-corrected chi connectivity index (χ3v) is 2.92. The van der Waals surface area contributed by atoms with Crippen LogP contribution < -0.4 is 4.74 Å². The summed E-state index contributed by atoms with van der Waals surface area (Å²) in [7, 11) is 0. The van der Waals surface area contributed by atoms with Gasteiger partial charge in [-0.1, -0.05) is 18.2 Å². The average Bonchev–Trinajstić information content (AvgIpc) is 2.82. The number of phenols is 1. The van der Waals surface area contributed by atoms with Crippen molar-refractivity contribution in [3.63, 3.8) is 0 Å². The summed E-state index contributed by atoms with van der Waals surface area (Å²) in [5.41, 5.74) is 1.60. The second-order valence-corrected chi connectivity index (χ2v) is 4.25. The topological polar surface area (TPSA) is 45.2 Å². The highest BCUT2D eigenvalue weighted by Gasteiger charge is 2.06. The lowest BCUT2D eigenvalue weighted by molar-refractivity contribution is 0.287. The fourth-order valence-electron chi connectivity index (χ4n) is 1.99. The molecule has 3 nitrogen and oxygen atoms in total.